The summed E-state index contributed by atoms with van der Waals surface area (Å²) in [5, 5.41) is 0. The summed E-state index contributed by atoms with van der Waals surface area (Å²) in [6.07, 6.45) is 12.4. The quantitative estimate of drug-likeness (QED) is 0.559. The van der Waals surface area contributed by atoms with Crippen LogP contribution in [0.1, 0.15) is 51.4 Å². The fourth-order valence-corrected chi connectivity index (χ4v) is 2.86. The molecule has 1 nitrogen and oxygen atoms in total. The van der Waals surface area contributed by atoms with Crippen LogP contribution in [0.3, 0.4) is 0 Å². The molecule has 1 heteroatoms. The van der Waals surface area contributed by atoms with Gasteiger partial charge in [0.15, 0.2) is 0 Å². The van der Waals surface area contributed by atoms with E-state index < -0.39 is 0 Å². The van der Waals surface area contributed by atoms with Gasteiger partial charge < -0.3 is 5.48 Å². The third-order valence-electron chi connectivity index (χ3n) is 3.47. The minimum atomic E-state index is 0. The summed E-state index contributed by atoms with van der Waals surface area (Å²) in [7, 11) is 0. The summed E-state index contributed by atoms with van der Waals surface area (Å²) >= 11 is 0. The molecule has 0 aliphatic heterocycles. The summed E-state index contributed by atoms with van der Waals surface area (Å²) in [4.78, 5) is 0. The average molecular weight is 156 g/mol. The second kappa shape index (κ2) is 4.10. The minimum Gasteiger partial charge on any atom is -0.412 e. The summed E-state index contributed by atoms with van der Waals surface area (Å²) < 4.78 is 0. The number of rotatable bonds is 1. The van der Waals surface area contributed by atoms with Crippen LogP contribution in [0.2, 0.25) is 0 Å². The molecule has 2 fully saturated rings. The Labute approximate surface area is 69.5 Å². The lowest BCUT2D eigenvalue weighted by atomic mass is 9.90. The molecule has 2 saturated carbocycles. The molecular formula is C10H20O. The van der Waals surface area contributed by atoms with E-state index in [-0.39, 0.29) is 5.48 Å². The highest BCUT2D eigenvalue weighted by Gasteiger charge is 2.26. The predicted octanol–water partition coefficient (Wildman–Crippen LogP) is 2.54. The monoisotopic (exact) mass is 156 g/mol. The van der Waals surface area contributed by atoms with Gasteiger partial charge in [-0.25, -0.2) is 0 Å². The lowest BCUT2D eigenvalue weighted by Crippen LogP contribution is -2.06. The van der Waals surface area contributed by atoms with E-state index in [4.69, 9.17) is 0 Å². The van der Waals surface area contributed by atoms with Crippen LogP contribution in [0, 0.1) is 11.8 Å². The van der Waals surface area contributed by atoms with E-state index in [2.05, 4.69) is 0 Å². The number of hydrogen-bond acceptors (Lipinski definition) is 0. The summed E-state index contributed by atoms with van der Waals surface area (Å²) in [6, 6.07) is 0. The van der Waals surface area contributed by atoms with E-state index in [0.29, 0.717) is 0 Å². The lowest BCUT2D eigenvalue weighted by molar-refractivity contribution is 0.347. The van der Waals surface area contributed by atoms with Crippen LogP contribution in [-0.4, -0.2) is 5.48 Å². The van der Waals surface area contributed by atoms with Crippen molar-refractivity contribution in [3.8, 4) is 0 Å². The molecule has 0 aromatic heterocycles. The van der Waals surface area contributed by atoms with E-state index in [9.17, 15) is 0 Å². The van der Waals surface area contributed by atoms with Gasteiger partial charge in [-0.1, -0.05) is 51.4 Å². The van der Waals surface area contributed by atoms with Crippen molar-refractivity contribution in [2.75, 3.05) is 0 Å². The molecule has 66 valence electrons. The molecule has 0 saturated heterocycles. The van der Waals surface area contributed by atoms with E-state index in [0.717, 1.165) is 11.8 Å². The maximum absolute atomic E-state index is 1.56. The van der Waals surface area contributed by atoms with Crippen molar-refractivity contribution in [2.45, 2.75) is 51.4 Å². The van der Waals surface area contributed by atoms with Crippen LogP contribution in [-0.2, 0) is 0 Å². The molecule has 2 N–H and O–H groups in total. The first kappa shape index (κ1) is 9.05. The molecule has 0 amide bonds. The highest BCUT2D eigenvalue weighted by molar-refractivity contribution is 4.78. The van der Waals surface area contributed by atoms with Gasteiger partial charge in [0.25, 0.3) is 0 Å². The standard InChI is InChI=1S/C10H18.H2O/c1-2-6-9(5-1)10-7-3-4-8-10;/h9-10H,1-8H2;1H2. The molecule has 0 heterocycles. The van der Waals surface area contributed by atoms with E-state index in [1.165, 1.54) is 25.7 Å². The van der Waals surface area contributed by atoms with Crippen molar-refractivity contribution in [3.63, 3.8) is 0 Å². The Hall–Kier alpha value is -0.0400. The fourth-order valence-electron chi connectivity index (χ4n) is 2.86. The molecule has 2 aliphatic carbocycles. The van der Waals surface area contributed by atoms with Gasteiger partial charge in [-0.05, 0) is 11.8 Å². The molecule has 0 spiro atoms. The zero-order chi connectivity index (χ0) is 6.81. The van der Waals surface area contributed by atoms with Gasteiger partial charge >= 0.3 is 0 Å². The van der Waals surface area contributed by atoms with E-state index >= 15 is 0 Å². The summed E-state index contributed by atoms with van der Waals surface area (Å²) in [6.45, 7) is 0. The molecule has 0 atom stereocenters. The first-order chi connectivity index (χ1) is 4.97. The van der Waals surface area contributed by atoms with Crippen LogP contribution in [0.4, 0.5) is 0 Å². The van der Waals surface area contributed by atoms with Gasteiger partial charge in [0.2, 0.25) is 0 Å². The third kappa shape index (κ3) is 1.96. The molecule has 2 aliphatic rings. The van der Waals surface area contributed by atoms with Gasteiger partial charge in [0.05, 0.1) is 0 Å². The van der Waals surface area contributed by atoms with Gasteiger partial charge in [0, 0.05) is 0 Å². The second-order valence-electron chi connectivity index (χ2n) is 4.09. The largest absolute Gasteiger partial charge is 0.412 e. The van der Waals surface area contributed by atoms with Crippen molar-refractivity contribution < 1.29 is 5.48 Å². The Bertz CT molecular complexity index is 85.4. The topological polar surface area (TPSA) is 31.5 Å². The van der Waals surface area contributed by atoms with Crippen molar-refractivity contribution >= 4 is 0 Å². The van der Waals surface area contributed by atoms with Crippen molar-refractivity contribution in [1.29, 1.82) is 0 Å². The van der Waals surface area contributed by atoms with Gasteiger partial charge in [-0.15, -0.1) is 0 Å². The third-order valence-corrected chi connectivity index (χ3v) is 3.47. The predicted molar refractivity (Wildman–Crippen MR) is 47.5 cm³/mol. The maximum Gasteiger partial charge on any atom is -0.0386 e. The Balaban J connectivity index is 0.000000605. The van der Waals surface area contributed by atoms with Gasteiger partial charge in [0.1, 0.15) is 0 Å². The van der Waals surface area contributed by atoms with Crippen molar-refractivity contribution in [3.05, 3.63) is 0 Å². The zero-order valence-corrected chi connectivity index (χ0v) is 7.31. The first-order valence-electron chi connectivity index (χ1n) is 4.97. The fraction of sp³-hybridized carbons (Fsp3) is 1.00. The minimum absolute atomic E-state index is 0. The Morgan fingerprint density at radius 3 is 1.09 bits per heavy atom. The Morgan fingerprint density at radius 1 is 0.545 bits per heavy atom. The maximum atomic E-state index is 1.56. The summed E-state index contributed by atoms with van der Waals surface area (Å²) in [5.74, 6) is 2.31. The van der Waals surface area contributed by atoms with Crippen LogP contribution in [0.15, 0.2) is 0 Å². The summed E-state index contributed by atoms with van der Waals surface area (Å²) in [5.41, 5.74) is 0. The van der Waals surface area contributed by atoms with Crippen LogP contribution in [0.25, 0.3) is 0 Å². The SMILES string of the molecule is C1CCC(C2CCCC2)C1.O. The molecule has 0 aromatic carbocycles. The van der Waals surface area contributed by atoms with E-state index in [1.54, 1.807) is 25.7 Å². The average Bonchev–Trinajstić information content (AvgIpc) is 2.59. The Kier molecular flexibility index (Phi) is 3.38. The van der Waals surface area contributed by atoms with Gasteiger partial charge in [-0.2, -0.15) is 0 Å². The smallest absolute Gasteiger partial charge is 0.0386 e. The van der Waals surface area contributed by atoms with E-state index in [1.807, 2.05) is 0 Å². The van der Waals surface area contributed by atoms with Crippen LogP contribution < -0.4 is 0 Å². The number of hydrogen-bond donors (Lipinski definition) is 0. The molecule has 11 heavy (non-hydrogen) atoms. The zero-order valence-electron chi connectivity index (χ0n) is 7.31. The van der Waals surface area contributed by atoms with Crippen molar-refractivity contribution in [2.24, 2.45) is 11.8 Å². The second-order valence-corrected chi connectivity index (χ2v) is 4.09. The first-order valence-corrected chi connectivity index (χ1v) is 4.97. The molecule has 0 radical (unpaired) electrons. The van der Waals surface area contributed by atoms with Gasteiger partial charge in [-0.3, -0.25) is 0 Å². The highest BCUT2D eigenvalue weighted by Crippen LogP contribution is 2.39. The molecular weight excluding hydrogens is 136 g/mol. The lowest BCUT2D eigenvalue weighted by Gasteiger charge is -2.16. The van der Waals surface area contributed by atoms with Crippen LogP contribution >= 0.6 is 0 Å². The van der Waals surface area contributed by atoms with Crippen LogP contribution in [0.5, 0.6) is 0 Å². The normalized spacial score (nSPS) is 27.3. The highest BCUT2D eigenvalue weighted by atomic mass is 16.0. The molecule has 2 rings (SSSR count). The molecule has 0 aromatic rings. The Morgan fingerprint density at radius 2 is 0.818 bits per heavy atom. The van der Waals surface area contributed by atoms with Crippen molar-refractivity contribution in [1.82, 2.24) is 0 Å². The molecule has 0 bridgehead atoms. The molecule has 0 unspecified atom stereocenters.